The van der Waals surface area contributed by atoms with Crippen LogP contribution in [0.3, 0.4) is 0 Å². The molecule has 1 saturated heterocycles. The Morgan fingerprint density at radius 3 is 2.88 bits per heavy atom. The Morgan fingerprint density at radius 2 is 2.31 bits per heavy atom. The molecule has 7 heteroatoms. The summed E-state index contributed by atoms with van der Waals surface area (Å²) >= 11 is 3.10. The molecule has 0 bridgehead atoms. The Bertz CT molecular complexity index is 506. The minimum Gasteiger partial charge on any atom is -0.364 e. The van der Waals surface area contributed by atoms with Crippen LogP contribution in [0.5, 0.6) is 0 Å². The molecule has 2 rings (SSSR count). The molecule has 16 heavy (non-hydrogen) atoms. The Morgan fingerprint density at radius 1 is 1.56 bits per heavy atom. The molecule has 88 valence electrons. The van der Waals surface area contributed by atoms with E-state index in [-0.39, 0.29) is 23.4 Å². The van der Waals surface area contributed by atoms with Crippen molar-refractivity contribution in [2.75, 3.05) is 16.8 Å². The van der Waals surface area contributed by atoms with Gasteiger partial charge in [-0.25, -0.2) is 17.8 Å². The molecule has 1 aromatic rings. The Labute approximate surface area is 101 Å². The molecule has 0 amide bonds. The van der Waals surface area contributed by atoms with Crippen LogP contribution in [-0.4, -0.2) is 30.9 Å². The lowest BCUT2D eigenvalue weighted by molar-refractivity contribution is 0.601. The lowest BCUT2D eigenvalue weighted by atomic mass is 10.2. The molecule has 1 N–H and O–H groups in total. The molecule has 0 radical (unpaired) electrons. The van der Waals surface area contributed by atoms with Gasteiger partial charge in [-0.2, -0.15) is 0 Å². The molecule has 1 fully saturated rings. The van der Waals surface area contributed by atoms with Gasteiger partial charge < -0.3 is 5.32 Å². The van der Waals surface area contributed by atoms with Gasteiger partial charge in [0.1, 0.15) is 0 Å². The van der Waals surface area contributed by atoms with E-state index in [1.807, 2.05) is 0 Å². The predicted octanol–water partition coefficient (Wildman–Crippen LogP) is 1.58. The molecule has 0 saturated carbocycles. The Hall–Kier alpha value is -0.690. The van der Waals surface area contributed by atoms with E-state index in [1.54, 1.807) is 0 Å². The fourth-order valence-electron chi connectivity index (χ4n) is 1.62. The molecule has 1 atom stereocenters. The number of sulfone groups is 1. The molecule has 0 aliphatic carbocycles. The summed E-state index contributed by atoms with van der Waals surface area (Å²) in [6.07, 6.45) is 1.97. The standard InChI is InChI=1S/C9H10BrFN2O2S/c10-6-3-8(11)9(12-4-6)13-7-1-2-16(14,15)5-7/h3-4,7H,1-2,5H2,(H,12,13). The highest BCUT2D eigenvalue weighted by Gasteiger charge is 2.28. The normalized spacial score (nSPS) is 23.2. The van der Waals surface area contributed by atoms with E-state index in [2.05, 4.69) is 26.2 Å². The third kappa shape index (κ3) is 2.70. The van der Waals surface area contributed by atoms with Crippen molar-refractivity contribution < 1.29 is 12.8 Å². The van der Waals surface area contributed by atoms with Crippen LogP contribution in [0.2, 0.25) is 0 Å². The number of aromatic nitrogens is 1. The van der Waals surface area contributed by atoms with Gasteiger partial charge >= 0.3 is 0 Å². The zero-order valence-electron chi connectivity index (χ0n) is 8.28. The predicted molar refractivity (Wildman–Crippen MR) is 62.6 cm³/mol. The summed E-state index contributed by atoms with van der Waals surface area (Å²) in [7, 11) is -2.96. The van der Waals surface area contributed by atoms with Crippen molar-refractivity contribution >= 4 is 31.6 Å². The van der Waals surface area contributed by atoms with Gasteiger partial charge in [-0.05, 0) is 28.4 Å². The van der Waals surface area contributed by atoms with Crippen molar-refractivity contribution in [2.24, 2.45) is 0 Å². The van der Waals surface area contributed by atoms with Gasteiger partial charge in [0.15, 0.2) is 21.5 Å². The first kappa shape index (κ1) is 11.8. The zero-order chi connectivity index (χ0) is 11.8. The number of hydrogen-bond donors (Lipinski definition) is 1. The topological polar surface area (TPSA) is 59.1 Å². The van der Waals surface area contributed by atoms with Crippen LogP contribution in [0, 0.1) is 5.82 Å². The molecule has 0 spiro atoms. The SMILES string of the molecule is O=S1(=O)CCC(Nc2ncc(Br)cc2F)C1. The van der Waals surface area contributed by atoms with E-state index in [0.717, 1.165) is 0 Å². The highest BCUT2D eigenvalue weighted by Crippen LogP contribution is 2.20. The summed E-state index contributed by atoms with van der Waals surface area (Å²) in [5.74, 6) is -0.184. The molecule has 1 aromatic heterocycles. The number of pyridine rings is 1. The average Bonchev–Trinajstić information content (AvgIpc) is 2.51. The molecular formula is C9H10BrFN2O2S. The van der Waals surface area contributed by atoms with E-state index < -0.39 is 15.7 Å². The highest BCUT2D eigenvalue weighted by atomic mass is 79.9. The second kappa shape index (κ2) is 4.29. The van der Waals surface area contributed by atoms with Crippen LogP contribution in [-0.2, 0) is 9.84 Å². The second-order valence-corrected chi connectivity index (χ2v) is 6.87. The molecule has 4 nitrogen and oxygen atoms in total. The quantitative estimate of drug-likeness (QED) is 0.901. The second-order valence-electron chi connectivity index (χ2n) is 3.73. The summed E-state index contributed by atoms with van der Waals surface area (Å²) < 4.78 is 36.4. The van der Waals surface area contributed by atoms with E-state index in [9.17, 15) is 12.8 Å². The molecule has 1 aliphatic rings. The van der Waals surface area contributed by atoms with Crippen molar-refractivity contribution in [2.45, 2.75) is 12.5 Å². The van der Waals surface area contributed by atoms with Gasteiger partial charge in [-0.15, -0.1) is 0 Å². The van der Waals surface area contributed by atoms with E-state index in [4.69, 9.17) is 0 Å². The maximum Gasteiger partial charge on any atom is 0.166 e. The van der Waals surface area contributed by atoms with E-state index in [1.165, 1.54) is 12.3 Å². The van der Waals surface area contributed by atoms with Crippen LogP contribution in [0.15, 0.2) is 16.7 Å². The first-order valence-electron chi connectivity index (χ1n) is 4.74. The fraction of sp³-hybridized carbons (Fsp3) is 0.444. The fourth-order valence-corrected chi connectivity index (χ4v) is 3.60. The Kier molecular flexibility index (Phi) is 3.16. The number of halogens is 2. The third-order valence-corrected chi connectivity index (χ3v) is 4.58. The van der Waals surface area contributed by atoms with Crippen molar-refractivity contribution in [1.29, 1.82) is 0 Å². The third-order valence-electron chi connectivity index (χ3n) is 2.38. The van der Waals surface area contributed by atoms with Crippen LogP contribution >= 0.6 is 15.9 Å². The Balaban J connectivity index is 2.11. The summed E-state index contributed by atoms with van der Waals surface area (Å²) in [6, 6.07) is 1.05. The summed E-state index contributed by atoms with van der Waals surface area (Å²) in [4.78, 5) is 3.86. The summed E-state index contributed by atoms with van der Waals surface area (Å²) in [5.41, 5.74) is 0. The first-order valence-corrected chi connectivity index (χ1v) is 7.36. The number of hydrogen-bond acceptors (Lipinski definition) is 4. The number of rotatable bonds is 2. The molecule has 1 aliphatic heterocycles. The monoisotopic (exact) mass is 308 g/mol. The molecule has 2 heterocycles. The minimum atomic E-state index is -2.96. The molecular weight excluding hydrogens is 299 g/mol. The van der Waals surface area contributed by atoms with Gasteiger partial charge in [0.25, 0.3) is 0 Å². The lowest BCUT2D eigenvalue weighted by Gasteiger charge is -2.11. The maximum atomic E-state index is 13.4. The molecule has 1 unspecified atom stereocenters. The maximum absolute atomic E-state index is 13.4. The number of nitrogens with zero attached hydrogens (tertiary/aromatic N) is 1. The first-order chi connectivity index (χ1) is 7.46. The number of nitrogens with one attached hydrogen (secondary N) is 1. The highest BCUT2D eigenvalue weighted by molar-refractivity contribution is 9.10. The number of anilines is 1. The summed E-state index contributed by atoms with van der Waals surface area (Å²) in [6.45, 7) is 0. The van der Waals surface area contributed by atoms with Crippen LogP contribution < -0.4 is 5.32 Å². The van der Waals surface area contributed by atoms with Gasteiger partial charge in [-0.1, -0.05) is 0 Å². The van der Waals surface area contributed by atoms with Crippen molar-refractivity contribution in [1.82, 2.24) is 4.98 Å². The van der Waals surface area contributed by atoms with Crippen LogP contribution in [0.4, 0.5) is 10.2 Å². The van der Waals surface area contributed by atoms with Crippen molar-refractivity contribution in [3.05, 3.63) is 22.6 Å². The van der Waals surface area contributed by atoms with Gasteiger partial charge in [0.2, 0.25) is 0 Å². The van der Waals surface area contributed by atoms with Crippen LogP contribution in [0.25, 0.3) is 0 Å². The summed E-state index contributed by atoms with van der Waals surface area (Å²) in [5, 5.41) is 2.81. The smallest absolute Gasteiger partial charge is 0.166 e. The average molecular weight is 309 g/mol. The minimum absolute atomic E-state index is 0.0458. The molecule has 0 aromatic carbocycles. The largest absolute Gasteiger partial charge is 0.364 e. The van der Waals surface area contributed by atoms with Crippen LogP contribution in [0.1, 0.15) is 6.42 Å². The van der Waals surface area contributed by atoms with Gasteiger partial charge in [-0.3, -0.25) is 0 Å². The van der Waals surface area contributed by atoms with Gasteiger partial charge in [0, 0.05) is 16.7 Å². The van der Waals surface area contributed by atoms with Crippen molar-refractivity contribution in [3.8, 4) is 0 Å². The lowest BCUT2D eigenvalue weighted by Crippen LogP contribution is -2.21. The van der Waals surface area contributed by atoms with Gasteiger partial charge in [0.05, 0.1) is 11.5 Å². The van der Waals surface area contributed by atoms with E-state index >= 15 is 0 Å². The zero-order valence-corrected chi connectivity index (χ0v) is 10.7. The van der Waals surface area contributed by atoms with Crippen molar-refractivity contribution in [3.63, 3.8) is 0 Å². The van der Waals surface area contributed by atoms with E-state index in [0.29, 0.717) is 10.9 Å².